The molecule has 1 atom stereocenters. The first-order chi connectivity index (χ1) is 13.7. The number of rotatable bonds is 7. The lowest BCUT2D eigenvalue weighted by Crippen LogP contribution is -2.25. The van der Waals surface area contributed by atoms with Crippen LogP contribution < -0.4 is 27.0 Å². The van der Waals surface area contributed by atoms with Gasteiger partial charge in [0, 0.05) is 30.4 Å². The molecule has 1 aliphatic rings. The maximum Gasteiger partial charge on any atom is 0.248 e. The Kier molecular flexibility index (Phi) is 6.17. The van der Waals surface area contributed by atoms with E-state index in [0.29, 0.717) is 23.4 Å². The van der Waals surface area contributed by atoms with Gasteiger partial charge >= 0.3 is 0 Å². The molecule has 2 aromatic rings. The number of hydrogen-bond acceptors (Lipinski definition) is 8. The predicted molar refractivity (Wildman–Crippen MR) is 116 cm³/mol. The van der Waals surface area contributed by atoms with Crippen LogP contribution in [0.2, 0.25) is 0 Å². The summed E-state index contributed by atoms with van der Waals surface area (Å²) in [6, 6.07) is 5.52. The lowest BCUT2D eigenvalue weighted by atomic mass is 9.97. The molecule has 0 aliphatic carbocycles. The number of amides is 1. The zero-order valence-corrected chi connectivity index (χ0v) is 17.5. The standard InChI is InChI=1S/C20H30N8O/c1-12-5-6-13(16(21)29)9-15(12)25-19-27-17(23-11-20(2,3)4)26-18(28-19)24-14-7-8-22-10-14/h5-6,9,14,22H,7-8,10-11H2,1-4H3,(H2,21,29)(H3,23,24,25,26,27,28)/t14-/m1/s1. The molecular formula is C20H30N8O. The lowest BCUT2D eigenvalue weighted by molar-refractivity contribution is 0.100. The van der Waals surface area contributed by atoms with E-state index in [1.807, 2.05) is 13.0 Å². The second kappa shape index (κ2) is 8.60. The van der Waals surface area contributed by atoms with Crippen LogP contribution >= 0.6 is 0 Å². The minimum Gasteiger partial charge on any atom is -0.366 e. The van der Waals surface area contributed by atoms with E-state index < -0.39 is 5.91 Å². The van der Waals surface area contributed by atoms with Gasteiger partial charge in [-0.1, -0.05) is 26.8 Å². The van der Waals surface area contributed by atoms with E-state index >= 15 is 0 Å². The van der Waals surface area contributed by atoms with Crippen molar-refractivity contribution in [2.75, 3.05) is 35.6 Å². The zero-order chi connectivity index (χ0) is 21.0. The molecule has 9 heteroatoms. The highest BCUT2D eigenvalue weighted by Crippen LogP contribution is 2.22. The lowest BCUT2D eigenvalue weighted by Gasteiger charge is -2.20. The van der Waals surface area contributed by atoms with Crippen molar-refractivity contribution in [3.8, 4) is 0 Å². The van der Waals surface area contributed by atoms with Gasteiger partial charge in [0.2, 0.25) is 23.8 Å². The maximum absolute atomic E-state index is 11.5. The molecule has 1 fully saturated rings. The number of anilines is 4. The van der Waals surface area contributed by atoms with Gasteiger partial charge in [-0.3, -0.25) is 4.79 Å². The van der Waals surface area contributed by atoms with Crippen LogP contribution in [-0.2, 0) is 0 Å². The van der Waals surface area contributed by atoms with Crippen LogP contribution in [0, 0.1) is 12.3 Å². The Morgan fingerprint density at radius 1 is 1.21 bits per heavy atom. The molecule has 9 nitrogen and oxygen atoms in total. The first-order valence-corrected chi connectivity index (χ1v) is 9.84. The van der Waals surface area contributed by atoms with Crippen molar-refractivity contribution >= 4 is 29.4 Å². The van der Waals surface area contributed by atoms with Crippen LogP contribution in [0.15, 0.2) is 18.2 Å². The van der Waals surface area contributed by atoms with Crippen molar-refractivity contribution < 1.29 is 4.79 Å². The number of nitrogens with one attached hydrogen (secondary N) is 4. The number of hydrogen-bond donors (Lipinski definition) is 5. The molecule has 6 N–H and O–H groups in total. The minimum atomic E-state index is -0.479. The van der Waals surface area contributed by atoms with E-state index in [0.717, 1.165) is 37.3 Å². The zero-order valence-electron chi connectivity index (χ0n) is 17.5. The Balaban J connectivity index is 1.87. The quantitative estimate of drug-likeness (QED) is 0.480. The smallest absolute Gasteiger partial charge is 0.248 e. The predicted octanol–water partition coefficient (Wildman–Crippen LogP) is 2.25. The number of nitrogens with two attached hydrogens (primary N) is 1. The van der Waals surface area contributed by atoms with Crippen molar-refractivity contribution in [2.24, 2.45) is 11.1 Å². The normalized spacial score (nSPS) is 16.5. The first-order valence-electron chi connectivity index (χ1n) is 9.84. The number of benzene rings is 1. The van der Waals surface area contributed by atoms with E-state index in [2.05, 4.69) is 57.0 Å². The summed E-state index contributed by atoms with van der Waals surface area (Å²) < 4.78 is 0. The van der Waals surface area contributed by atoms with Crippen molar-refractivity contribution in [3.05, 3.63) is 29.3 Å². The van der Waals surface area contributed by atoms with Crippen LogP contribution in [0.5, 0.6) is 0 Å². The van der Waals surface area contributed by atoms with Gasteiger partial charge in [-0.2, -0.15) is 15.0 Å². The topological polar surface area (TPSA) is 130 Å². The fourth-order valence-electron chi connectivity index (χ4n) is 2.91. The molecule has 2 heterocycles. The fourth-order valence-corrected chi connectivity index (χ4v) is 2.91. The summed E-state index contributed by atoms with van der Waals surface area (Å²) in [6.07, 6.45) is 1.01. The molecule has 3 rings (SSSR count). The van der Waals surface area contributed by atoms with Gasteiger partial charge in [0.15, 0.2) is 0 Å². The van der Waals surface area contributed by atoms with Crippen molar-refractivity contribution in [1.82, 2.24) is 20.3 Å². The van der Waals surface area contributed by atoms with Crippen molar-refractivity contribution in [3.63, 3.8) is 0 Å². The van der Waals surface area contributed by atoms with E-state index in [4.69, 9.17) is 5.73 Å². The van der Waals surface area contributed by atoms with E-state index in [1.54, 1.807) is 12.1 Å². The van der Waals surface area contributed by atoms with Crippen LogP contribution in [-0.4, -0.2) is 46.5 Å². The summed E-state index contributed by atoms with van der Waals surface area (Å²) in [5, 5.41) is 13.2. The van der Waals surface area contributed by atoms with Gasteiger partial charge in [0.05, 0.1) is 0 Å². The molecule has 0 unspecified atom stereocenters. The Morgan fingerprint density at radius 2 is 1.93 bits per heavy atom. The summed E-state index contributed by atoms with van der Waals surface area (Å²) in [5.74, 6) is 0.924. The van der Waals surface area contributed by atoms with E-state index in [9.17, 15) is 4.79 Å². The van der Waals surface area contributed by atoms with Crippen LogP contribution in [0.1, 0.15) is 43.1 Å². The van der Waals surface area contributed by atoms with Gasteiger partial charge in [-0.05, 0) is 43.0 Å². The third kappa shape index (κ3) is 6.02. The molecule has 0 spiro atoms. The number of primary amides is 1. The number of nitrogens with zero attached hydrogens (tertiary/aromatic N) is 3. The fraction of sp³-hybridized carbons (Fsp3) is 0.500. The SMILES string of the molecule is Cc1ccc(C(N)=O)cc1Nc1nc(NCC(C)(C)C)nc(N[C@@H]2CCNC2)n1. The average molecular weight is 399 g/mol. The van der Waals surface area contributed by atoms with Gasteiger partial charge in [0.1, 0.15) is 0 Å². The molecule has 0 saturated carbocycles. The van der Waals surface area contributed by atoms with Crippen molar-refractivity contribution in [2.45, 2.75) is 40.2 Å². The van der Waals surface area contributed by atoms with Gasteiger partial charge in [0.25, 0.3) is 0 Å². The average Bonchev–Trinajstić information content (AvgIpc) is 3.14. The summed E-state index contributed by atoms with van der Waals surface area (Å²) in [6.45, 7) is 10.9. The van der Waals surface area contributed by atoms with Gasteiger partial charge in [-0.25, -0.2) is 0 Å². The number of carbonyl (C=O) groups excluding carboxylic acids is 1. The Bertz CT molecular complexity index is 871. The molecule has 0 bridgehead atoms. The van der Waals surface area contributed by atoms with Crippen LogP contribution in [0.3, 0.4) is 0 Å². The summed E-state index contributed by atoms with van der Waals surface area (Å²) in [4.78, 5) is 25.1. The Labute approximate surface area is 171 Å². The second-order valence-corrected chi connectivity index (χ2v) is 8.57. The molecule has 1 amide bonds. The molecule has 0 radical (unpaired) electrons. The first kappa shape index (κ1) is 20.8. The summed E-state index contributed by atoms with van der Waals surface area (Å²) in [7, 11) is 0. The molecule has 1 saturated heterocycles. The highest BCUT2D eigenvalue weighted by atomic mass is 16.1. The summed E-state index contributed by atoms with van der Waals surface area (Å²) in [5.41, 5.74) is 7.59. The van der Waals surface area contributed by atoms with Gasteiger partial charge in [-0.15, -0.1) is 0 Å². The van der Waals surface area contributed by atoms with Crippen LogP contribution in [0.25, 0.3) is 0 Å². The number of carbonyl (C=O) groups is 1. The third-order valence-electron chi connectivity index (χ3n) is 4.57. The maximum atomic E-state index is 11.5. The highest BCUT2D eigenvalue weighted by Gasteiger charge is 2.18. The number of aromatic nitrogens is 3. The monoisotopic (exact) mass is 398 g/mol. The Hall–Kier alpha value is -2.94. The second-order valence-electron chi connectivity index (χ2n) is 8.57. The van der Waals surface area contributed by atoms with Crippen molar-refractivity contribution in [1.29, 1.82) is 0 Å². The largest absolute Gasteiger partial charge is 0.366 e. The minimum absolute atomic E-state index is 0.0790. The molecule has 1 aromatic heterocycles. The van der Waals surface area contributed by atoms with Gasteiger partial charge < -0.3 is 27.0 Å². The molecule has 1 aromatic carbocycles. The molecule has 1 aliphatic heterocycles. The molecule has 29 heavy (non-hydrogen) atoms. The highest BCUT2D eigenvalue weighted by molar-refractivity contribution is 5.94. The Morgan fingerprint density at radius 3 is 2.59 bits per heavy atom. The van der Waals surface area contributed by atoms with E-state index in [1.165, 1.54) is 0 Å². The summed E-state index contributed by atoms with van der Waals surface area (Å²) >= 11 is 0. The van der Waals surface area contributed by atoms with E-state index in [-0.39, 0.29) is 11.5 Å². The third-order valence-corrected chi connectivity index (χ3v) is 4.57. The molecule has 156 valence electrons. The van der Waals surface area contributed by atoms with Crippen LogP contribution in [0.4, 0.5) is 23.5 Å². The number of aryl methyl sites for hydroxylation is 1. The molecular weight excluding hydrogens is 368 g/mol.